The van der Waals surface area contributed by atoms with Gasteiger partial charge in [-0.3, -0.25) is 9.69 Å². The zero-order valence-electron chi connectivity index (χ0n) is 12.2. The Labute approximate surface area is 125 Å². The maximum absolute atomic E-state index is 13.1. The summed E-state index contributed by atoms with van der Waals surface area (Å²) in [6.07, 6.45) is 5.41. The summed E-state index contributed by atoms with van der Waals surface area (Å²) in [7, 11) is 0. The number of aromatic nitrogens is 1. The van der Waals surface area contributed by atoms with Gasteiger partial charge in [-0.25, -0.2) is 4.98 Å². The van der Waals surface area contributed by atoms with Crippen molar-refractivity contribution in [3.63, 3.8) is 0 Å². The molecule has 110 valence electrons. The molecule has 20 heavy (non-hydrogen) atoms. The molecule has 5 heteroatoms. The lowest BCUT2D eigenvalue weighted by Gasteiger charge is -2.39. The molecule has 0 atom stereocenters. The Balaban J connectivity index is 2.44. The van der Waals surface area contributed by atoms with E-state index < -0.39 is 5.54 Å². The standard InChI is InChI=1S/C15H22ClN3O/c1-3-19(4-2)15(7-5-6-8-15)13(20)12-9-11(16)10-18-14(12)17/h9-10H,3-8H2,1-2H3,(H2,17,18). The van der Waals surface area contributed by atoms with Crippen LogP contribution in [-0.4, -0.2) is 34.3 Å². The number of likely N-dealkylation sites (N-methyl/N-ethyl adjacent to an activating group) is 1. The third-order valence-corrected chi connectivity index (χ3v) is 4.56. The van der Waals surface area contributed by atoms with Crippen molar-refractivity contribution in [3.8, 4) is 0 Å². The van der Waals surface area contributed by atoms with Gasteiger partial charge >= 0.3 is 0 Å². The van der Waals surface area contributed by atoms with E-state index in [1.807, 2.05) is 0 Å². The predicted molar refractivity (Wildman–Crippen MR) is 82.1 cm³/mol. The molecule has 0 unspecified atom stereocenters. The normalized spacial score (nSPS) is 17.6. The maximum atomic E-state index is 13.1. The van der Waals surface area contributed by atoms with Crippen molar-refractivity contribution in [2.24, 2.45) is 0 Å². The highest BCUT2D eigenvalue weighted by Gasteiger charge is 2.45. The van der Waals surface area contributed by atoms with Gasteiger partial charge in [-0.2, -0.15) is 0 Å². The number of halogens is 1. The molecule has 0 radical (unpaired) electrons. The van der Waals surface area contributed by atoms with Gasteiger partial charge in [0.2, 0.25) is 0 Å². The number of nitrogens with zero attached hydrogens (tertiary/aromatic N) is 2. The fourth-order valence-corrected chi connectivity index (χ4v) is 3.52. The van der Waals surface area contributed by atoms with Crippen LogP contribution >= 0.6 is 11.6 Å². The molecule has 1 fully saturated rings. The largest absolute Gasteiger partial charge is 0.383 e. The lowest BCUT2D eigenvalue weighted by Crippen LogP contribution is -2.52. The number of rotatable bonds is 5. The molecule has 0 aliphatic heterocycles. The molecule has 1 saturated carbocycles. The molecule has 2 N–H and O–H groups in total. The maximum Gasteiger partial charge on any atom is 0.186 e. The van der Waals surface area contributed by atoms with Crippen LogP contribution in [0.3, 0.4) is 0 Å². The van der Waals surface area contributed by atoms with Crippen LogP contribution in [-0.2, 0) is 0 Å². The van der Waals surface area contributed by atoms with E-state index in [1.165, 1.54) is 6.20 Å². The molecule has 0 bridgehead atoms. The molecule has 0 aromatic carbocycles. The van der Waals surface area contributed by atoms with Crippen LogP contribution in [0.2, 0.25) is 5.02 Å². The Morgan fingerprint density at radius 1 is 1.40 bits per heavy atom. The van der Waals surface area contributed by atoms with Gasteiger partial charge < -0.3 is 5.73 Å². The first-order chi connectivity index (χ1) is 9.55. The SMILES string of the molecule is CCN(CC)C1(C(=O)c2cc(Cl)cnc2N)CCCC1. The minimum Gasteiger partial charge on any atom is -0.383 e. The molecule has 1 aromatic heterocycles. The minimum atomic E-state index is -0.427. The highest BCUT2D eigenvalue weighted by Crippen LogP contribution is 2.39. The number of carbonyl (C=O) groups is 1. The molecule has 1 aliphatic carbocycles. The number of hydrogen-bond acceptors (Lipinski definition) is 4. The Kier molecular flexibility index (Phi) is 4.66. The Morgan fingerprint density at radius 2 is 2.00 bits per heavy atom. The van der Waals surface area contributed by atoms with Gasteiger partial charge in [0, 0.05) is 6.20 Å². The van der Waals surface area contributed by atoms with Gasteiger partial charge in [0.25, 0.3) is 0 Å². The van der Waals surface area contributed by atoms with Gasteiger partial charge in [-0.15, -0.1) is 0 Å². The number of Topliss-reactive ketones (excluding diaryl/α,β-unsaturated/α-hetero) is 1. The van der Waals surface area contributed by atoms with Gasteiger partial charge in [0.15, 0.2) is 5.78 Å². The molecule has 2 rings (SSSR count). The van der Waals surface area contributed by atoms with Crippen molar-refractivity contribution in [1.82, 2.24) is 9.88 Å². The lowest BCUT2D eigenvalue weighted by molar-refractivity contribution is 0.0585. The van der Waals surface area contributed by atoms with Gasteiger partial charge in [0.05, 0.1) is 16.1 Å². The fraction of sp³-hybridized carbons (Fsp3) is 0.600. The first kappa shape index (κ1) is 15.3. The van der Waals surface area contributed by atoms with Crippen LogP contribution in [0.4, 0.5) is 5.82 Å². The van der Waals surface area contributed by atoms with Crippen molar-refractivity contribution < 1.29 is 4.79 Å². The smallest absolute Gasteiger partial charge is 0.186 e. The average molecular weight is 296 g/mol. The van der Waals surface area contributed by atoms with E-state index in [0.717, 1.165) is 38.8 Å². The zero-order chi connectivity index (χ0) is 14.8. The van der Waals surface area contributed by atoms with Crippen LogP contribution in [0, 0.1) is 0 Å². The first-order valence-corrected chi connectivity index (χ1v) is 7.63. The minimum absolute atomic E-state index is 0.0752. The fourth-order valence-electron chi connectivity index (χ4n) is 3.36. The second kappa shape index (κ2) is 6.10. The first-order valence-electron chi connectivity index (χ1n) is 7.26. The second-order valence-electron chi connectivity index (χ2n) is 5.33. The van der Waals surface area contributed by atoms with Crippen LogP contribution in [0.1, 0.15) is 49.9 Å². The molecular formula is C15H22ClN3O. The number of anilines is 1. The number of ketones is 1. The third kappa shape index (κ3) is 2.54. The van der Waals surface area contributed by atoms with Crippen LogP contribution < -0.4 is 5.73 Å². The van der Waals surface area contributed by atoms with Crippen molar-refractivity contribution in [1.29, 1.82) is 0 Å². The topological polar surface area (TPSA) is 59.2 Å². The Morgan fingerprint density at radius 3 is 2.55 bits per heavy atom. The van der Waals surface area contributed by atoms with E-state index in [2.05, 4.69) is 23.7 Å². The van der Waals surface area contributed by atoms with Gasteiger partial charge in [0.1, 0.15) is 5.82 Å². The van der Waals surface area contributed by atoms with E-state index in [1.54, 1.807) is 6.07 Å². The van der Waals surface area contributed by atoms with Crippen molar-refractivity contribution in [3.05, 3.63) is 22.8 Å². The second-order valence-corrected chi connectivity index (χ2v) is 5.76. The monoisotopic (exact) mass is 295 g/mol. The highest BCUT2D eigenvalue weighted by atomic mass is 35.5. The van der Waals surface area contributed by atoms with E-state index in [0.29, 0.717) is 10.6 Å². The molecular weight excluding hydrogens is 274 g/mol. The van der Waals surface area contributed by atoms with E-state index in [-0.39, 0.29) is 11.6 Å². The summed E-state index contributed by atoms with van der Waals surface area (Å²) in [6, 6.07) is 1.65. The molecule has 0 saturated heterocycles. The summed E-state index contributed by atoms with van der Waals surface area (Å²) in [4.78, 5) is 19.4. The van der Waals surface area contributed by atoms with Crippen LogP contribution in [0.5, 0.6) is 0 Å². The summed E-state index contributed by atoms with van der Waals surface area (Å²) in [5.41, 5.74) is 5.93. The van der Waals surface area contributed by atoms with Crippen molar-refractivity contribution in [2.45, 2.75) is 45.1 Å². The van der Waals surface area contributed by atoms with E-state index in [4.69, 9.17) is 17.3 Å². The Hall–Kier alpha value is -1.13. The number of nitrogen functional groups attached to an aromatic ring is 1. The molecule has 1 heterocycles. The quantitative estimate of drug-likeness (QED) is 0.848. The summed E-state index contributed by atoms with van der Waals surface area (Å²) in [5, 5.41) is 0.454. The van der Waals surface area contributed by atoms with E-state index >= 15 is 0 Å². The van der Waals surface area contributed by atoms with E-state index in [9.17, 15) is 4.79 Å². The summed E-state index contributed by atoms with van der Waals surface area (Å²) >= 11 is 5.98. The van der Waals surface area contributed by atoms with Crippen molar-refractivity contribution >= 4 is 23.2 Å². The predicted octanol–water partition coefficient (Wildman–Crippen LogP) is 3.15. The molecule has 0 amide bonds. The molecule has 0 spiro atoms. The highest BCUT2D eigenvalue weighted by molar-refractivity contribution is 6.31. The van der Waals surface area contributed by atoms with Crippen LogP contribution in [0.15, 0.2) is 12.3 Å². The van der Waals surface area contributed by atoms with Gasteiger partial charge in [-0.1, -0.05) is 38.3 Å². The average Bonchev–Trinajstić information content (AvgIpc) is 2.93. The van der Waals surface area contributed by atoms with Gasteiger partial charge in [-0.05, 0) is 32.0 Å². The number of pyridine rings is 1. The van der Waals surface area contributed by atoms with Crippen LogP contribution in [0.25, 0.3) is 0 Å². The number of nitrogens with two attached hydrogens (primary N) is 1. The third-order valence-electron chi connectivity index (χ3n) is 4.35. The number of carbonyl (C=O) groups excluding carboxylic acids is 1. The summed E-state index contributed by atoms with van der Waals surface area (Å²) in [6.45, 7) is 5.90. The molecule has 1 aromatic rings. The lowest BCUT2D eigenvalue weighted by atomic mass is 9.85. The summed E-state index contributed by atoms with van der Waals surface area (Å²) in [5.74, 6) is 0.351. The Bertz CT molecular complexity index is 494. The molecule has 4 nitrogen and oxygen atoms in total. The number of hydrogen-bond donors (Lipinski definition) is 1. The zero-order valence-corrected chi connectivity index (χ0v) is 12.9. The molecule has 1 aliphatic rings. The van der Waals surface area contributed by atoms with Crippen molar-refractivity contribution in [2.75, 3.05) is 18.8 Å². The summed E-state index contributed by atoms with van der Waals surface area (Å²) < 4.78 is 0.